The number of benzene rings is 1. The third-order valence-electron chi connectivity index (χ3n) is 4.04. The lowest BCUT2D eigenvalue weighted by molar-refractivity contribution is -0.119. The number of nitrogens with one attached hydrogen (secondary N) is 2. The lowest BCUT2D eigenvalue weighted by Gasteiger charge is -2.40. The third-order valence-corrected chi connectivity index (χ3v) is 4.04. The van der Waals surface area contributed by atoms with Gasteiger partial charge in [0.05, 0.1) is 0 Å². The summed E-state index contributed by atoms with van der Waals surface area (Å²) in [6.07, 6.45) is 3.70. The summed E-state index contributed by atoms with van der Waals surface area (Å²) < 4.78 is 0. The van der Waals surface area contributed by atoms with Gasteiger partial charge in [-0.2, -0.15) is 0 Å². The van der Waals surface area contributed by atoms with Gasteiger partial charge in [-0.1, -0.05) is 6.42 Å². The van der Waals surface area contributed by atoms with E-state index in [0.717, 1.165) is 19.3 Å². The first-order chi connectivity index (χ1) is 9.58. The molecule has 1 aliphatic rings. The predicted octanol–water partition coefficient (Wildman–Crippen LogP) is 1.50. The molecular weight excluding hydrogens is 254 g/mol. The topological polar surface area (TPSA) is 84.2 Å². The summed E-state index contributed by atoms with van der Waals surface area (Å²) in [4.78, 5) is 23.4. The van der Waals surface area contributed by atoms with Gasteiger partial charge in [-0.05, 0) is 49.1 Å². The van der Waals surface area contributed by atoms with Gasteiger partial charge >= 0.3 is 0 Å². The monoisotopic (exact) mass is 275 g/mol. The Balaban J connectivity index is 1.93. The zero-order valence-corrected chi connectivity index (χ0v) is 11.7. The van der Waals surface area contributed by atoms with Gasteiger partial charge in [0.25, 0.3) is 5.91 Å². The summed E-state index contributed by atoms with van der Waals surface area (Å²) in [5, 5.41) is 5.41. The molecule has 1 aromatic carbocycles. The molecule has 0 spiro atoms. The maximum atomic E-state index is 12.0. The largest absolute Gasteiger partial charge is 0.355 e. The fraction of sp³-hybridized carbons (Fsp3) is 0.467. The number of nitrogens with two attached hydrogens (primary N) is 1. The highest BCUT2D eigenvalue weighted by molar-refractivity contribution is 5.95. The second-order valence-corrected chi connectivity index (χ2v) is 5.44. The molecule has 4 N–H and O–H groups in total. The highest BCUT2D eigenvalue weighted by atomic mass is 16.2. The van der Waals surface area contributed by atoms with Crippen LogP contribution in [0.25, 0.3) is 0 Å². The summed E-state index contributed by atoms with van der Waals surface area (Å²) in [7, 11) is 1.59. The van der Waals surface area contributed by atoms with E-state index in [1.54, 1.807) is 31.3 Å². The SMILES string of the molecule is CNC(=O)c1ccc(NC(=O)CC2(CN)CCC2)cc1. The van der Waals surface area contributed by atoms with Gasteiger partial charge in [-0.15, -0.1) is 0 Å². The van der Waals surface area contributed by atoms with Crippen LogP contribution in [-0.2, 0) is 4.79 Å². The zero-order chi connectivity index (χ0) is 14.6. The second-order valence-electron chi connectivity index (χ2n) is 5.44. The molecule has 108 valence electrons. The van der Waals surface area contributed by atoms with Gasteiger partial charge in [0.2, 0.25) is 5.91 Å². The van der Waals surface area contributed by atoms with Gasteiger partial charge in [0.15, 0.2) is 0 Å². The molecule has 1 aromatic rings. The van der Waals surface area contributed by atoms with E-state index in [2.05, 4.69) is 10.6 Å². The minimum Gasteiger partial charge on any atom is -0.355 e. The number of carbonyl (C=O) groups is 2. The lowest BCUT2D eigenvalue weighted by Crippen LogP contribution is -2.40. The van der Waals surface area contributed by atoms with Crippen molar-refractivity contribution in [2.24, 2.45) is 11.1 Å². The normalized spacial score (nSPS) is 16.1. The fourth-order valence-corrected chi connectivity index (χ4v) is 2.52. The van der Waals surface area contributed by atoms with E-state index >= 15 is 0 Å². The summed E-state index contributed by atoms with van der Waals surface area (Å²) >= 11 is 0. The number of rotatable bonds is 5. The van der Waals surface area contributed by atoms with Crippen LogP contribution in [0.4, 0.5) is 5.69 Å². The van der Waals surface area contributed by atoms with E-state index in [-0.39, 0.29) is 17.2 Å². The van der Waals surface area contributed by atoms with Crippen LogP contribution in [0.1, 0.15) is 36.0 Å². The van der Waals surface area contributed by atoms with Gasteiger partial charge in [-0.25, -0.2) is 0 Å². The molecule has 5 heteroatoms. The van der Waals surface area contributed by atoms with Crippen molar-refractivity contribution in [3.05, 3.63) is 29.8 Å². The molecule has 0 aliphatic heterocycles. The number of hydrogen-bond donors (Lipinski definition) is 3. The number of carbonyl (C=O) groups excluding carboxylic acids is 2. The van der Waals surface area contributed by atoms with Crippen LogP contribution >= 0.6 is 0 Å². The summed E-state index contributed by atoms with van der Waals surface area (Å²) in [6, 6.07) is 6.85. The van der Waals surface area contributed by atoms with Crippen molar-refractivity contribution in [1.29, 1.82) is 0 Å². The molecule has 1 saturated carbocycles. The minimum absolute atomic E-state index is 0.00607. The van der Waals surface area contributed by atoms with Crippen molar-refractivity contribution < 1.29 is 9.59 Å². The number of amides is 2. The van der Waals surface area contributed by atoms with Crippen LogP contribution in [0.15, 0.2) is 24.3 Å². The summed E-state index contributed by atoms with van der Waals surface area (Å²) in [6.45, 7) is 0.566. The Morgan fingerprint density at radius 3 is 2.35 bits per heavy atom. The second kappa shape index (κ2) is 6.05. The number of anilines is 1. The van der Waals surface area contributed by atoms with Crippen LogP contribution in [0.2, 0.25) is 0 Å². The molecule has 5 nitrogen and oxygen atoms in total. The molecule has 0 bridgehead atoms. The quantitative estimate of drug-likeness (QED) is 0.761. The Bertz CT molecular complexity index is 487. The molecular formula is C15H21N3O2. The highest BCUT2D eigenvalue weighted by Crippen LogP contribution is 2.43. The Kier molecular flexibility index (Phi) is 4.39. The lowest BCUT2D eigenvalue weighted by atomic mass is 9.66. The molecule has 0 radical (unpaired) electrons. The third kappa shape index (κ3) is 3.17. The van der Waals surface area contributed by atoms with Crippen molar-refractivity contribution in [1.82, 2.24) is 5.32 Å². The molecule has 2 rings (SSSR count). The van der Waals surface area contributed by atoms with E-state index < -0.39 is 0 Å². The van der Waals surface area contributed by atoms with E-state index in [1.807, 2.05) is 0 Å². The Morgan fingerprint density at radius 2 is 1.90 bits per heavy atom. The Hall–Kier alpha value is -1.88. The van der Waals surface area contributed by atoms with Crippen molar-refractivity contribution >= 4 is 17.5 Å². The van der Waals surface area contributed by atoms with Crippen LogP contribution in [-0.4, -0.2) is 25.4 Å². The average Bonchev–Trinajstić information content (AvgIpc) is 2.43. The van der Waals surface area contributed by atoms with E-state index in [0.29, 0.717) is 24.2 Å². The maximum Gasteiger partial charge on any atom is 0.251 e. The predicted molar refractivity (Wildman–Crippen MR) is 78.4 cm³/mol. The smallest absolute Gasteiger partial charge is 0.251 e. The fourth-order valence-electron chi connectivity index (χ4n) is 2.52. The minimum atomic E-state index is -0.139. The number of hydrogen-bond acceptors (Lipinski definition) is 3. The van der Waals surface area contributed by atoms with Gasteiger partial charge in [0, 0.05) is 24.7 Å². The molecule has 0 aromatic heterocycles. The summed E-state index contributed by atoms with van der Waals surface area (Å²) in [5.41, 5.74) is 7.04. The molecule has 0 saturated heterocycles. The Labute approximate surface area is 118 Å². The molecule has 0 unspecified atom stereocenters. The van der Waals surface area contributed by atoms with Crippen molar-refractivity contribution in [2.75, 3.05) is 18.9 Å². The Morgan fingerprint density at radius 1 is 1.25 bits per heavy atom. The van der Waals surface area contributed by atoms with Crippen LogP contribution in [0, 0.1) is 5.41 Å². The molecule has 20 heavy (non-hydrogen) atoms. The molecule has 2 amide bonds. The van der Waals surface area contributed by atoms with Gasteiger partial charge in [-0.3, -0.25) is 9.59 Å². The average molecular weight is 275 g/mol. The van der Waals surface area contributed by atoms with Crippen LogP contribution in [0.3, 0.4) is 0 Å². The van der Waals surface area contributed by atoms with Gasteiger partial charge in [0.1, 0.15) is 0 Å². The highest BCUT2D eigenvalue weighted by Gasteiger charge is 2.37. The van der Waals surface area contributed by atoms with Crippen LogP contribution < -0.4 is 16.4 Å². The first kappa shape index (κ1) is 14.5. The summed E-state index contributed by atoms with van der Waals surface area (Å²) in [5.74, 6) is -0.151. The first-order valence-corrected chi connectivity index (χ1v) is 6.91. The van der Waals surface area contributed by atoms with Crippen molar-refractivity contribution in [3.8, 4) is 0 Å². The zero-order valence-electron chi connectivity index (χ0n) is 11.7. The van der Waals surface area contributed by atoms with E-state index in [9.17, 15) is 9.59 Å². The molecule has 1 fully saturated rings. The van der Waals surface area contributed by atoms with Gasteiger partial charge < -0.3 is 16.4 Å². The maximum absolute atomic E-state index is 12.0. The first-order valence-electron chi connectivity index (χ1n) is 6.91. The van der Waals surface area contributed by atoms with Crippen molar-refractivity contribution in [3.63, 3.8) is 0 Å². The standard InChI is InChI=1S/C15H21N3O2/c1-17-14(20)11-3-5-12(6-4-11)18-13(19)9-15(10-16)7-2-8-15/h3-6H,2,7-10,16H2,1H3,(H,17,20)(H,18,19). The van der Waals surface area contributed by atoms with E-state index in [1.165, 1.54) is 0 Å². The van der Waals surface area contributed by atoms with Crippen molar-refractivity contribution in [2.45, 2.75) is 25.7 Å². The molecule has 0 atom stereocenters. The van der Waals surface area contributed by atoms with E-state index in [4.69, 9.17) is 5.73 Å². The molecule has 1 aliphatic carbocycles. The molecule has 0 heterocycles. The van der Waals surface area contributed by atoms with Crippen LogP contribution in [0.5, 0.6) is 0 Å².